The quantitative estimate of drug-likeness (QED) is 0.805. The minimum atomic E-state index is 0.0145. The summed E-state index contributed by atoms with van der Waals surface area (Å²) in [5.41, 5.74) is 3.93. The van der Waals surface area contributed by atoms with Gasteiger partial charge in [-0.05, 0) is 29.8 Å². The average Bonchev–Trinajstić information content (AvgIpc) is 2.95. The van der Waals surface area contributed by atoms with E-state index in [1.54, 1.807) is 5.01 Å². The first-order valence-electron chi connectivity index (χ1n) is 7.43. The number of imidazole rings is 1. The number of halogens is 1. The van der Waals surface area contributed by atoms with Crippen LogP contribution in [0.3, 0.4) is 0 Å². The monoisotopic (exact) mass is 326 g/mol. The van der Waals surface area contributed by atoms with Gasteiger partial charge >= 0.3 is 0 Å². The van der Waals surface area contributed by atoms with Gasteiger partial charge in [0.05, 0.1) is 36.4 Å². The number of hydrazone groups is 1. The summed E-state index contributed by atoms with van der Waals surface area (Å²) in [5.74, 6) is 0.762. The summed E-state index contributed by atoms with van der Waals surface area (Å²) in [6.45, 7) is 1.06. The Bertz CT molecular complexity index is 885. The van der Waals surface area contributed by atoms with Crippen molar-refractivity contribution in [2.45, 2.75) is 6.54 Å². The molecule has 0 unspecified atom stereocenters. The Kier molecular flexibility index (Phi) is 3.52. The number of benzene rings is 2. The number of β-amino-alcohol motifs (C(OH)–C–C–N with tert-alkyl or cyclic N) is 1. The lowest BCUT2D eigenvalue weighted by Gasteiger charge is -2.25. The van der Waals surface area contributed by atoms with Gasteiger partial charge in [-0.25, -0.2) is 9.99 Å². The maximum atomic E-state index is 9.35. The van der Waals surface area contributed by atoms with Gasteiger partial charge in [0.15, 0.2) is 0 Å². The Morgan fingerprint density at radius 1 is 1.09 bits per heavy atom. The summed E-state index contributed by atoms with van der Waals surface area (Å²) in [5, 5.41) is 16.5. The van der Waals surface area contributed by atoms with E-state index in [4.69, 9.17) is 11.6 Å². The van der Waals surface area contributed by atoms with Crippen LogP contribution in [0.15, 0.2) is 53.6 Å². The Balaban J connectivity index is 1.83. The molecule has 2 heterocycles. The van der Waals surface area contributed by atoms with Crippen LogP contribution in [0, 0.1) is 0 Å². The summed E-state index contributed by atoms with van der Waals surface area (Å²) in [4.78, 5) is 4.65. The van der Waals surface area contributed by atoms with Crippen molar-refractivity contribution in [3.05, 3.63) is 59.1 Å². The standard InChI is InChI=1S/C17H15ClN4O/c18-13-7-5-12(6-8-13)15-11-21-16-4-2-1-3-14(16)19-17(21)22(20-15)9-10-23/h1-8,23H,9-11H2. The number of hydrogen-bond acceptors (Lipinski definition) is 4. The molecule has 0 spiro atoms. The highest BCUT2D eigenvalue weighted by atomic mass is 35.5. The Morgan fingerprint density at radius 2 is 1.87 bits per heavy atom. The van der Waals surface area contributed by atoms with Gasteiger partial charge < -0.3 is 9.67 Å². The molecule has 6 heteroatoms. The van der Waals surface area contributed by atoms with Gasteiger partial charge in [-0.15, -0.1) is 0 Å². The van der Waals surface area contributed by atoms with Gasteiger partial charge in [0, 0.05) is 5.02 Å². The number of aliphatic hydroxyl groups is 1. The summed E-state index contributed by atoms with van der Waals surface area (Å²) < 4.78 is 2.13. The van der Waals surface area contributed by atoms with E-state index in [0.29, 0.717) is 18.1 Å². The van der Waals surface area contributed by atoms with Crippen LogP contribution in [-0.4, -0.2) is 33.5 Å². The molecule has 0 saturated carbocycles. The molecule has 23 heavy (non-hydrogen) atoms. The highest BCUT2D eigenvalue weighted by molar-refractivity contribution is 6.30. The van der Waals surface area contributed by atoms with Crippen LogP contribution in [-0.2, 0) is 6.54 Å². The fourth-order valence-electron chi connectivity index (χ4n) is 2.82. The fourth-order valence-corrected chi connectivity index (χ4v) is 2.95. The Hall–Kier alpha value is -2.37. The second-order valence-corrected chi connectivity index (χ2v) is 5.82. The van der Waals surface area contributed by atoms with Crippen molar-refractivity contribution < 1.29 is 5.11 Å². The highest BCUT2D eigenvalue weighted by Crippen LogP contribution is 2.27. The molecule has 3 aromatic rings. The van der Waals surface area contributed by atoms with Crippen molar-refractivity contribution >= 4 is 34.3 Å². The predicted octanol–water partition coefficient (Wildman–Crippen LogP) is 2.91. The minimum Gasteiger partial charge on any atom is -0.394 e. The number of rotatable bonds is 3. The molecule has 0 fully saturated rings. The zero-order valence-corrected chi connectivity index (χ0v) is 13.1. The molecule has 2 aromatic carbocycles. The van der Waals surface area contributed by atoms with E-state index in [-0.39, 0.29) is 6.61 Å². The minimum absolute atomic E-state index is 0.0145. The van der Waals surface area contributed by atoms with Crippen LogP contribution >= 0.6 is 11.6 Å². The number of nitrogens with zero attached hydrogens (tertiary/aromatic N) is 4. The van der Waals surface area contributed by atoms with Crippen molar-refractivity contribution in [1.29, 1.82) is 0 Å². The molecular weight excluding hydrogens is 312 g/mol. The van der Waals surface area contributed by atoms with Gasteiger partial charge in [0.1, 0.15) is 0 Å². The van der Waals surface area contributed by atoms with Crippen LogP contribution in [0.5, 0.6) is 0 Å². The van der Waals surface area contributed by atoms with E-state index >= 15 is 0 Å². The molecule has 1 N–H and O–H groups in total. The van der Waals surface area contributed by atoms with Gasteiger partial charge in [-0.1, -0.05) is 35.9 Å². The van der Waals surface area contributed by atoms with E-state index in [9.17, 15) is 5.11 Å². The molecule has 1 aliphatic rings. The first-order valence-corrected chi connectivity index (χ1v) is 7.81. The normalized spacial score (nSPS) is 14.0. The van der Waals surface area contributed by atoms with Gasteiger partial charge in [0.2, 0.25) is 5.95 Å². The first-order chi connectivity index (χ1) is 11.3. The second-order valence-electron chi connectivity index (χ2n) is 5.39. The number of para-hydroxylation sites is 2. The Labute approximate surface area is 138 Å². The van der Waals surface area contributed by atoms with Crippen molar-refractivity contribution in [2.75, 3.05) is 18.2 Å². The van der Waals surface area contributed by atoms with Crippen LogP contribution in [0.2, 0.25) is 5.02 Å². The number of aromatic nitrogens is 2. The predicted molar refractivity (Wildman–Crippen MR) is 92.2 cm³/mol. The molecule has 5 nitrogen and oxygen atoms in total. The van der Waals surface area contributed by atoms with E-state index in [1.807, 2.05) is 48.5 Å². The van der Waals surface area contributed by atoms with Crippen LogP contribution in [0.1, 0.15) is 5.56 Å². The maximum absolute atomic E-state index is 9.35. The molecular formula is C17H15ClN4O. The molecule has 0 radical (unpaired) electrons. The molecule has 0 aliphatic carbocycles. The zero-order valence-electron chi connectivity index (χ0n) is 12.4. The third-order valence-corrected chi connectivity index (χ3v) is 4.16. The summed E-state index contributed by atoms with van der Waals surface area (Å²) in [7, 11) is 0. The third-order valence-electron chi connectivity index (χ3n) is 3.90. The van der Waals surface area contributed by atoms with Crippen molar-refractivity contribution in [1.82, 2.24) is 9.55 Å². The average molecular weight is 327 g/mol. The lowest BCUT2D eigenvalue weighted by Crippen LogP contribution is -2.32. The van der Waals surface area contributed by atoms with Crippen molar-refractivity contribution in [2.24, 2.45) is 5.10 Å². The number of hydrogen-bond donors (Lipinski definition) is 1. The highest BCUT2D eigenvalue weighted by Gasteiger charge is 2.23. The fraction of sp³-hybridized carbons (Fsp3) is 0.176. The number of aliphatic hydroxyl groups excluding tert-OH is 1. The molecule has 0 atom stereocenters. The summed E-state index contributed by atoms with van der Waals surface area (Å²) in [6.07, 6.45) is 0. The van der Waals surface area contributed by atoms with Crippen molar-refractivity contribution in [3.63, 3.8) is 0 Å². The summed E-state index contributed by atoms with van der Waals surface area (Å²) in [6, 6.07) is 15.6. The van der Waals surface area contributed by atoms with E-state index in [0.717, 1.165) is 28.3 Å². The molecule has 1 aliphatic heterocycles. The maximum Gasteiger partial charge on any atom is 0.227 e. The molecule has 0 bridgehead atoms. The van der Waals surface area contributed by atoms with Crippen LogP contribution in [0.4, 0.5) is 5.95 Å². The smallest absolute Gasteiger partial charge is 0.227 e. The second kappa shape index (κ2) is 5.68. The molecule has 1 aromatic heterocycles. The van der Waals surface area contributed by atoms with Gasteiger partial charge in [-0.3, -0.25) is 0 Å². The summed E-state index contributed by atoms with van der Waals surface area (Å²) >= 11 is 5.97. The van der Waals surface area contributed by atoms with Crippen LogP contribution in [0.25, 0.3) is 11.0 Å². The van der Waals surface area contributed by atoms with E-state index in [1.165, 1.54) is 0 Å². The molecule has 116 valence electrons. The topological polar surface area (TPSA) is 53.6 Å². The SMILES string of the molecule is OCCN1N=C(c2ccc(Cl)cc2)Cn2c1nc1ccccc12. The van der Waals surface area contributed by atoms with E-state index < -0.39 is 0 Å². The first kappa shape index (κ1) is 14.2. The number of fused-ring (bicyclic) bond motifs is 3. The van der Waals surface area contributed by atoms with Crippen molar-refractivity contribution in [3.8, 4) is 0 Å². The van der Waals surface area contributed by atoms with Gasteiger partial charge in [-0.2, -0.15) is 5.10 Å². The van der Waals surface area contributed by atoms with Gasteiger partial charge in [0.25, 0.3) is 0 Å². The van der Waals surface area contributed by atoms with E-state index in [2.05, 4.69) is 14.7 Å². The lowest BCUT2D eigenvalue weighted by molar-refractivity contribution is 0.301. The largest absolute Gasteiger partial charge is 0.394 e. The molecule has 0 saturated heterocycles. The van der Waals surface area contributed by atoms with Crippen LogP contribution < -0.4 is 5.01 Å². The molecule has 4 rings (SSSR count). The lowest BCUT2D eigenvalue weighted by atomic mass is 10.1. The zero-order chi connectivity index (χ0) is 15.8. The third kappa shape index (κ3) is 2.48. The number of anilines is 1. The molecule has 0 amide bonds. The Morgan fingerprint density at radius 3 is 2.65 bits per heavy atom.